The van der Waals surface area contributed by atoms with E-state index in [1.165, 1.54) is 0 Å². The van der Waals surface area contributed by atoms with Crippen LogP contribution in [0.4, 0.5) is 0 Å². The lowest BCUT2D eigenvalue weighted by Crippen LogP contribution is -2.51. The summed E-state index contributed by atoms with van der Waals surface area (Å²) in [5.41, 5.74) is 0. The number of hydrogen-bond acceptors (Lipinski definition) is 4. The molecule has 0 bridgehead atoms. The van der Waals surface area contributed by atoms with E-state index in [0.29, 0.717) is 6.54 Å². The first-order valence-electron chi connectivity index (χ1n) is 7.45. The van der Waals surface area contributed by atoms with Gasteiger partial charge in [0.15, 0.2) is 11.8 Å². The third-order valence-corrected chi connectivity index (χ3v) is 4.91. The number of halogens is 1. The van der Waals surface area contributed by atoms with Gasteiger partial charge >= 0.3 is 0 Å². The molecule has 22 heavy (non-hydrogen) atoms. The van der Waals surface area contributed by atoms with E-state index < -0.39 is 0 Å². The van der Waals surface area contributed by atoms with Crippen LogP contribution in [0.2, 0.25) is 0 Å². The molecule has 1 aliphatic heterocycles. The molecule has 1 N–H and O–H groups in total. The number of aromatic nitrogens is 3. The van der Waals surface area contributed by atoms with Gasteiger partial charge in [-0.25, -0.2) is 4.99 Å². The lowest BCUT2D eigenvalue weighted by atomic mass is 10.2. The van der Waals surface area contributed by atoms with Gasteiger partial charge in [-0.1, -0.05) is 0 Å². The molecular weight excluding hydrogens is 411 g/mol. The molecule has 0 spiro atoms. The van der Waals surface area contributed by atoms with Gasteiger partial charge in [0.2, 0.25) is 0 Å². The second-order valence-electron chi connectivity index (χ2n) is 5.92. The molecule has 0 aromatic carbocycles. The summed E-state index contributed by atoms with van der Waals surface area (Å²) in [6.07, 6.45) is 0. The van der Waals surface area contributed by atoms with Crippen molar-refractivity contribution >= 4 is 41.7 Å². The number of nitrogens with zero attached hydrogens (tertiary/aromatic N) is 5. The largest absolute Gasteiger partial charge is 0.357 e. The number of nitrogens with one attached hydrogen (secondary N) is 1. The molecule has 126 valence electrons. The van der Waals surface area contributed by atoms with Crippen molar-refractivity contribution in [2.45, 2.75) is 39.0 Å². The van der Waals surface area contributed by atoms with Crippen molar-refractivity contribution in [3.05, 3.63) is 11.6 Å². The van der Waals surface area contributed by atoms with E-state index >= 15 is 0 Å². The SMILES string of the molecule is CCNC(=NCc1nnc(C)n1C)N1CCSC(C)(C)C1.I. The summed E-state index contributed by atoms with van der Waals surface area (Å²) >= 11 is 2.03. The van der Waals surface area contributed by atoms with E-state index in [0.717, 1.165) is 43.0 Å². The van der Waals surface area contributed by atoms with Gasteiger partial charge in [0.05, 0.1) is 0 Å². The molecule has 0 atom stereocenters. The second kappa shape index (κ2) is 8.37. The van der Waals surface area contributed by atoms with Crippen molar-refractivity contribution in [3.8, 4) is 0 Å². The molecule has 2 heterocycles. The van der Waals surface area contributed by atoms with Crippen LogP contribution in [0.25, 0.3) is 0 Å². The Hall–Kier alpha value is -0.510. The number of aryl methyl sites for hydroxylation is 1. The Kier molecular flexibility index (Phi) is 7.43. The van der Waals surface area contributed by atoms with Crippen LogP contribution in [0.5, 0.6) is 0 Å². The zero-order valence-electron chi connectivity index (χ0n) is 14.1. The maximum Gasteiger partial charge on any atom is 0.194 e. The molecule has 0 unspecified atom stereocenters. The first kappa shape index (κ1) is 19.5. The van der Waals surface area contributed by atoms with Crippen LogP contribution in [-0.4, -0.2) is 55.8 Å². The van der Waals surface area contributed by atoms with Crippen LogP contribution >= 0.6 is 35.7 Å². The third-order valence-electron chi connectivity index (χ3n) is 3.61. The summed E-state index contributed by atoms with van der Waals surface area (Å²) in [6, 6.07) is 0. The highest BCUT2D eigenvalue weighted by Crippen LogP contribution is 2.29. The second-order valence-corrected chi connectivity index (χ2v) is 7.72. The molecule has 8 heteroatoms. The van der Waals surface area contributed by atoms with Crippen molar-refractivity contribution in [1.82, 2.24) is 25.0 Å². The minimum absolute atomic E-state index is 0. The van der Waals surface area contributed by atoms with E-state index in [1.807, 2.05) is 30.3 Å². The fourth-order valence-electron chi connectivity index (χ4n) is 2.36. The summed E-state index contributed by atoms with van der Waals surface area (Å²) in [7, 11) is 1.98. The van der Waals surface area contributed by atoms with Gasteiger partial charge in [-0.05, 0) is 27.7 Å². The first-order valence-corrected chi connectivity index (χ1v) is 8.43. The van der Waals surface area contributed by atoms with Gasteiger partial charge < -0.3 is 14.8 Å². The lowest BCUT2D eigenvalue weighted by molar-refractivity contribution is 0.375. The topological polar surface area (TPSA) is 58.3 Å². The highest BCUT2D eigenvalue weighted by atomic mass is 127. The zero-order valence-corrected chi connectivity index (χ0v) is 17.2. The Morgan fingerprint density at radius 2 is 2.14 bits per heavy atom. The van der Waals surface area contributed by atoms with Gasteiger partial charge in [0.1, 0.15) is 12.4 Å². The van der Waals surface area contributed by atoms with Crippen molar-refractivity contribution in [2.24, 2.45) is 12.0 Å². The number of thioether (sulfide) groups is 1. The van der Waals surface area contributed by atoms with Crippen molar-refractivity contribution in [3.63, 3.8) is 0 Å². The Labute approximate surface area is 154 Å². The fourth-order valence-corrected chi connectivity index (χ4v) is 3.47. The maximum atomic E-state index is 4.75. The summed E-state index contributed by atoms with van der Waals surface area (Å²) < 4.78 is 2.26. The fraction of sp³-hybridized carbons (Fsp3) is 0.786. The molecular formula is C14H27IN6S. The Balaban J connectivity index is 0.00000242. The number of hydrogen-bond donors (Lipinski definition) is 1. The highest BCUT2D eigenvalue weighted by molar-refractivity contribution is 14.0. The van der Waals surface area contributed by atoms with Crippen LogP contribution in [0, 0.1) is 6.92 Å². The van der Waals surface area contributed by atoms with E-state index in [4.69, 9.17) is 4.99 Å². The van der Waals surface area contributed by atoms with Crippen molar-refractivity contribution in [2.75, 3.05) is 25.4 Å². The Bertz CT molecular complexity index is 513. The predicted molar refractivity (Wildman–Crippen MR) is 104 cm³/mol. The number of guanidine groups is 1. The summed E-state index contributed by atoms with van der Waals surface area (Å²) in [5, 5.41) is 11.7. The van der Waals surface area contributed by atoms with Crippen LogP contribution in [0.3, 0.4) is 0 Å². The Morgan fingerprint density at radius 1 is 1.41 bits per heavy atom. The summed E-state index contributed by atoms with van der Waals surface area (Å²) in [5.74, 6) is 3.93. The van der Waals surface area contributed by atoms with Crippen LogP contribution in [0.15, 0.2) is 4.99 Å². The molecule has 1 aromatic rings. The molecule has 2 rings (SSSR count). The van der Waals surface area contributed by atoms with Gasteiger partial charge in [-0.15, -0.1) is 34.2 Å². The molecule has 1 aromatic heterocycles. The number of aliphatic imine (C=N–C) groups is 1. The maximum absolute atomic E-state index is 4.75. The van der Waals surface area contributed by atoms with E-state index in [2.05, 4.69) is 41.2 Å². The molecule has 0 saturated carbocycles. The smallest absolute Gasteiger partial charge is 0.194 e. The summed E-state index contributed by atoms with van der Waals surface area (Å²) in [4.78, 5) is 7.10. The monoisotopic (exact) mass is 438 g/mol. The zero-order chi connectivity index (χ0) is 15.5. The molecule has 0 amide bonds. The molecule has 6 nitrogen and oxygen atoms in total. The van der Waals surface area contributed by atoms with Gasteiger partial charge in [0, 0.05) is 37.2 Å². The van der Waals surface area contributed by atoms with Crippen LogP contribution < -0.4 is 5.32 Å². The average molecular weight is 438 g/mol. The minimum Gasteiger partial charge on any atom is -0.357 e. The van der Waals surface area contributed by atoms with E-state index in [9.17, 15) is 0 Å². The van der Waals surface area contributed by atoms with E-state index in [-0.39, 0.29) is 28.7 Å². The van der Waals surface area contributed by atoms with E-state index in [1.54, 1.807) is 0 Å². The predicted octanol–water partition coefficient (Wildman–Crippen LogP) is 2.03. The van der Waals surface area contributed by atoms with Gasteiger partial charge in [0.25, 0.3) is 0 Å². The molecule has 1 saturated heterocycles. The van der Waals surface area contributed by atoms with Crippen molar-refractivity contribution < 1.29 is 0 Å². The standard InChI is InChI=1S/C14H26N6S.HI/c1-6-15-13(20-7-8-21-14(3,4)10-20)16-9-12-18-17-11(2)19(12)5;/h6-10H2,1-5H3,(H,15,16);1H. The van der Waals surface area contributed by atoms with Crippen LogP contribution in [0.1, 0.15) is 32.4 Å². The molecule has 1 aliphatic rings. The Morgan fingerprint density at radius 3 is 2.68 bits per heavy atom. The quantitative estimate of drug-likeness (QED) is 0.445. The highest BCUT2D eigenvalue weighted by Gasteiger charge is 2.28. The molecule has 1 fully saturated rings. The average Bonchev–Trinajstić information content (AvgIpc) is 2.74. The normalized spacial score (nSPS) is 18.0. The number of rotatable bonds is 3. The van der Waals surface area contributed by atoms with Crippen LogP contribution in [-0.2, 0) is 13.6 Å². The minimum atomic E-state index is 0. The summed E-state index contributed by atoms with van der Waals surface area (Å²) in [6.45, 7) is 12.1. The lowest BCUT2D eigenvalue weighted by Gasteiger charge is -2.39. The first-order chi connectivity index (χ1) is 9.93. The van der Waals surface area contributed by atoms with Crippen molar-refractivity contribution in [1.29, 1.82) is 0 Å². The third kappa shape index (κ3) is 5.00. The van der Waals surface area contributed by atoms with Gasteiger partial charge in [-0.2, -0.15) is 11.8 Å². The van der Waals surface area contributed by atoms with Gasteiger partial charge in [-0.3, -0.25) is 0 Å². The molecule has 0 radical (unpaired) electrons. The molecule has 0 aliphatic carbocycles.